The Bertz CT molecular complexity index is 532. The summed E-state index contributed by atoms with van der Waals surface area (Å²) < 4.78 is 0.758. The van der Waals surface area contributed by atoms with Crippen molar-refractivity contribution >= 4 is 45.4 Å². The maximum atomic E-state index is 10.5. The lowest BCUT2D eigenvalue weighted by Gasteiger charge is -2.05. The number of rotatable bonds is 2. The summed E-state index contributed by atoms with van der Waals surface area (Å²) in [4.78, 5) is 11.7. The highest BCUT2D eigenvalue weighted by Crippen LogP contribution is 2.31. The fourth-order valence-corrected chi connectivity index (χ4v) is 2.52. The van der Waals surface area contributed by atoms with Gasteiger partial charge in [0.1, 0.15) is 11.4 Å². The van der Waals surface area contributed by atoms with Crippen LogP contribution in [0.4, 0.5) is 0 Å². The first kappa shape index (κ1) is 11.6. The molecule has 1 aromatic heterocycles. The predicted molar refractivity (Wildman–Crippen MR) is 64.5 cm³/mol. The summed E-state index contributed by atoms with van der Waals surface area (Å²) in [6.45, 7) is 0. The quantitative estimate of drug-likeness (QED) is 0.799. The fourth-order valence-electron chi connectivity index (χ4n) is 1.16. The van der Waals surface area contributed by atoms with Crippen molar-refractivity contribution in [3.05, 3.63) is 38.5 Å². The molecule has 0 unspecified atom stereocenters. The molecule has 0 saturated heterocycles. The van der Waals surface area contributed by atoms with Crippen LogP contribution in [0.1, 0.15) is 10.5 Å². The molecule has 82 valence electrons. The summed E-state index contributed by atoms with van der Waals surface area (Å²) in [7, 11) is 0. The fraction of sp³-hybridized carbons (Fsp3) is 0. The van der Waals surface area contributed by atoms with Crippen LogP contribution >= 0.6 is 39.1 Å². The zero-order valence-corrected chi connectivity index (χ0v) is 10.8. The molecule has 0 aliphatic rings. The standard InChI is InChI=1S/C9H4BrCl2N3O/c10-5-1-7(11)9(8(12)2-5)15-13-3-6(4-16)14-15/h1-4H. The first-order chi connectivity index (χ1) is 7.61. The first-order valence-corrected chi connectivity index (χ1v) is 5.69. The highest BCUT2D eigenvalue weighted by atomic mass is 79.9. The molecule has 0 radical (unpaired) electrons. The Morgan fingerprint density at radius 1 is 1.31 bits per heavy atom. The van der Waals surface area contributed by atoms with Crippen molar-refractivity contribution in [3.8, 4) is 5.69 Å². The van der Waals surface area contributed by atoms with E-state index >= 15 is 0 Å². The van der Waals surface area contributed by atoms with Gasteiger partial charge in [0.15, 0.2) is 6.29 Å². The van der Waals surface area contributed by atoms with Crippen LogP contribution in [0.15, 0.2) is 22.8 Å². The van der Waals surface area contributed by atoms with Gasteiger partial charge in [0, 0.05) is 4.47 Å². The molecule has 7 heteroatoms. The van der Waals surface area contributed by atoms with Crippen molar-refractivity contribution in [1.29, 1.82) is 0 Å². The molecule has 0 spiro atoms. The lowest BCUT2D eigenvalue weighted by molar-refractivity contribution is 0.111. The van der Waals surface area contributed by atoms with Gasteiger partial charge in [-0.25, -0.2) is 0 Å². The van der Waals surface area contributed by atoms with Gasteiger partial charge in [-0.3, -0.25) is 4.79 Å². The largest absolute Gasteiger partial charge is 0.296 e. The Hall–Kier alpha value is -0.910. The van der Waals surface area contributed by atoms with Gasteiger partial charge in [-0.05, 0) is 12.1 Å². The number of hydrogen-bond acceptors (Lipinski definition) is 3. The average molecular weight is 321 g/mol. The maximum absolute atomic E-state index is 10.5. The monoisotopic (exact) mass is 319 g/mol. The van der Waals surface area contributed by atoms with E-state index in [0.717, 1.165) is 4.47 Å². The minimum atomic E-state index is 0.218. The number of aromatic nitrogens is 3. The van der Waals surface area contributed by atoms with Crippen molar-refractivity contribution in [3.63, 3.8) is 0 Å². The van der Waals surface area contributed by atoms with Crippen molar-refractivity contribution < 1.29 is 4.79 Å². The smallest absolute Gasteiger partial charge is 0.171 e. The number of hydrogen-bond donors (Lipinski definition) is 0. The van der Waals surface area contributed by atoms with Crippen LogP contribution in [0.25, 0.3) is 5.69 Å². The molecule has 0 amide bonds. The van der Waals surface area contributed by atoms with E-state index in [1.54, 1.807) is 12.1 Å². The zero-order valence-electron chi connectivity index (χ0n) is 7.69. The maximum Gasteiger partial charge on any atom is 0.171 e. The van der Waals surface area contributed by atoms with Crippen LogP contribution in [0, 0.1) is 0 Å². The average Bonchev–Trinajstić information content (AvgIpc) is 2.64. The van der Waals surface area contributed by atoms with Crippen molar-refractivity contribution in [2.24, 2.45) is 0 Å². The molecule has 2 rings (SSSR count). The molecule has 0 N–H and O–H groups in total. The lowest BCUT2D eigenvalue weighted by atomic mass is 10.3. The molecular weight excluding hydrogens is 317 g/mol. The molecular formula is C9H4BrCl2N3O. The lowest BCUT2D eigenvalue weighted by Crippen LogP contribution is -2.01. The second-order valence-corrected chi connectivity index (χ2v) is 4.62. The van der Waals surface area contributed by atoms with Gasteiger partial charge < -0.3 is 0 Å². The van der Waals surface area contributed by atoms with Gasteiger partial charge in [0.2, 0.25) is 0 Å². The summed E-state index contributed by atoms with van der Waals surface area (Å²) in [6, 6.07) is 3.35. The number of benzene rings is 1. The Balaban J connectivity index is 2.59. The molecule has 0 atom stereocenters. The van der Waals surface area contributed by atoms with Gasteiger partial charge in [-0.1, -0.05) is 39.1 Å². The third kappa shape index (κ3) is 2.11. The van der Waals surface area contributed by atoms with Crippen LogP contribution in [0.3, 0.4) is 0 Å². The minimum absolute atomic E-state index is 0.218. The van der Waals surface area contributed by atoms with E-state index in [1.165, 1.54) is 11.0 Å². The van der Waals surface area contributed by atoms with E-state index in [9.17, 15) is 4.79 Å². The van der Waals surface area contributed by atoms with Crippen LogP contribution < -0.4 is 0 Å². The normalized spacial score (nSPS) is 10.4. The van der Waals surface area contributed by atoms with E-state index in [1.807, 2.05) is 0 Å². The summed E-state index contributed by atoms with van der Waals surface area (Å²) in [5.74, 6) is 0. The van der Waals surface area contributed by atoms with E-state index in [4.69, 9.17) is 23.2 Å². The van der Waals surface area contributed by atoms with Gasteiger partial charge >= 0.3 is 0 Å². The van der Waals surface area contributed by atoms with Crippen LogP contribution in [-0.2, 0) is 0 Å². The van der Waals surface area contributed by atoms with E-state index in [-0.39, 0.29) is 5.69 Å². The van der Waals surface area contributed by atoms with E-state index < -0.39 is 0 Å². The highest BCUT2D eigenvalue weighted by Gasteiger charge is 2.12. The molecule has 0 fully saturated rings. The molecule has 2 aromatic rings. The van der Waals surface area contributed by atoms with E-state index in [2.05, 4.69) is 26.1 Å². The second kappa shape index (κ2) is 4.53. The molecule has 1 aromatic carbocycles. The van der Waals surface area contributed by atoms with Gasteiger partial charge in [0.05, 0.1) is 16.2 Å². The Morgan fingerprint density at radius 2 is 1.94 bits per heavy atom. The van der Waals surface area contributed by atoms with Gasteiger partial charge in [-0.2, -0.15) is 5.10 Å². The number of carbonyl (C=O) groups excluding carboxylic acids is 1. The van der Waals surface area contributed by atoms with Crippen LogP contribution in [-0.4, -0.2) is 21.3 Å². The number of aldehydes is 1. The number of halogens is 3. The van der Waals surface area contributed by atoms with Gasteiger partial charge in [0.25, 0.3) is 0 Å². The third-order valence-corrected chi connectivity index (χ3v) is 2.85. The topological polar surface area (TPSA) is 47.8 Å². The SMILES string of the molecule is O=Cc1cnn(-c2c(Cl)cc(Br)cc2Cl)n1. The summed E-state index contributed by atoms with van der Waals surface area (Å²) in [5.41, 5.74) is 0.662. The molecule has 0 saturated carbocycles. The highest BCUT2D eigenvalue weighted by molar-refractivity contribution is 9.10. The number of nitrogens with zero attached hydrogens (tertiary/aromatic N) is 3. The summed E-state index contributed by atoms with van der Waals surface area (Å²) >= 11 is 15.3. The molecule has 4 nitrogen and oxygen atoms in total. The second-order valence-electron chi connectivity index (χ2n) is 2.89. The predicted octanol–water partition coefficient (Wildman–Crippen LogP) is 3.15. The van der Waals surface area contributed by atoms with Crippen LogP contribution in [0.5, 0.6) is 0 Å². The Morgan fingerprint density at radius 3 is 2.44 bits per heavy atom. The van der Waals surface area contributed by atoms with Crippen molar-refractivity contribution in [2.75, 3.05) is 0 Å². The summed E-state index contributed by atoms with van der Waals surface area (Å²) in [6.07, 6.45) is 1.94. The minimum Gasteiger partial charge on any atom is -0.296 e. The first-order valence-electron chi connectivity index (χ1n) is 4.14. The van der Waals surface area contributed by atoms with Crippen molar-refractivity contribution in [1.82, 2.24) is 15.0 Å². The molecule has 16 heavy (non-hydrogen) atoms. The molecule has 0 bridgehead atoms. The number of carbonyl (C=O) groups is 1. The Labute approximate surface area is 109 Å². The molecule has 0 aliphatic heterocycles. The molecule has 1 heterocycles. The van der Waals surface area contributed by atoms with Gasteiger partial charge in [-0.15, -0.1) is 9.90 Å². The molecule has 0 aliphatic carbocycles. The zero-order chi connectivity index (χ0) is 11.7. The summed E-state index contributed by atoms with van der Waals surface area (Å²) in [5, 5.41) is 8.59. The van der Waals surface area contributed by atoms with E-state index in [0.29, 0.717) is 22.0 Å². The third-order valence-electron chi connectivity index (χ3n) is 1.81. The Kier molecular flexibility index (Phi) is 3.28. The van der Waals surface area contributed by atoms with Crippen molar-refractivity contribution in [2.45, 2.75) is 0 Å². The van der Waals surface area contributed by atoms with Crippen LogP contribution in [0.2, 0.25) is 10.0 Å².